The van der Waals surface area contributed by atoms with Crippen LogP contribution in [0.15, 0.2) is 48.5 Å². The first-order valence-corrected chi connectivity index (χ1v) is 6.31. The highest BCUT2D eigenvalue weighted by Gasteiger charge is 2.22. The van der Waals surface area contributed by atoms with Crippen LogP contribution in [0, 0.1) is 0 Å². The van der Waals surface area contributed by atoms with Gasteiger partial charge in [0.15, 0.2) is 0 Å². The molecule has 2 nitrogen and oxygen atoms in total. The number of hydrogen-bond acceptors (Lipinski definition) is 2. The van der Waals surface area contributed by atoms with Crippen molar-refractivity contribution in [3.8, 4) is 5.75 Å². The summed E-state index contributed by atoms with van der Waals surface area (Å²) in [5, 5.41) is 3.57. The number of fused-ring (bicyclic) bond motifs is 1. The van der Waals surface area contributed by atoms with Gasteiger partial charge in [-0.1, -0.05) is 42.5 Å². The number of nitrogens with one attached hydrogen (secondary N) is 1. The van der Waals surface area contributed by atoms with Crippen LogP contribution in [0.5, 0.6) is 5.75 Å². The Hall–Kier alpha value is -1.80. The van der Waals surface area contributed by atoms with E-state index in [-0.39, 0.29) is 0 Å². The van der Waals surface area contributed by atoms with E-state index in [2.05, 4.69) is 41.7 Å². The van der Waals surface area contributed by atoms with Gasteiger partial charge in [-0.15, -0.1) is 0 Å². The smallest absolute Gasteiger partial charge is 0.122 e. The summed E-state index contributed by atoms with van der Waals surface area (Å²) >= 11 is 0. The fourth-order valence-electron chi connectivity index (χ4n) is 2.65. The third kappa shape index (κ3) is 2.00. The van der Waals surface area contributed by atoms with Crippen LogP contribution < -0.4 is 10.1 Å². The first-order valence-electron chi connectivity index (χ1n) is 6.31. The molecule has 0 fully saturated rings. The highest BCUT2D eigenvalue weighted by molar-refractivity contribution is 5.39. The Balaban J connectivity index is 1.86. The van der Waals surface area contributed by atoms with E-state index in [9.17, 15) is 0 Å². The lowest BCUT2D eigenvalue weighted by Crippen LogP contribution is -2.15. The standard InChI is InChI=1S/C16H17NO/c1-18-16-9-5-3-6-12(16)10-15-14-8-4-2-7-13(14)11-17-15/h2-9,15,17H,10-11H2,1H3. The quantitative estimate of drug-likeness (QED) is 0.888. The van der Waals surface area contributed by atoms with Crippen LogP contribution in [0.4, 0.5) is 0 Å². The van der Waals surface area contributed by atoms with E-state index < -0.39 is 0 Å². The average Bonchev–Trinajstić information content (AvgIpc) is 2.83. The van der Waals surface area contributed by atoms with Crippen molar-refractivity contribution in [1.29, 1.82) is 0 Å². The van der Waals surface area contributed by atoms with Gasteiger partial charge >= 0.3 is 0 Å². The molecule has 18 heavy (non-hydrogen) atoms. The van der Waals surface area contributed by atoms with Crippen molar-refractivity contribution in [2.45, 2.75) is 19.0 Å². The Labute approximate surface area is 108 Å². The van der Waals surface area contributed by atoms with Crippen LogP contribution in [0.1, 0.15) is 22.7 Å². The summed E-state index contributed by atoms with van der Waals surface area (Å²) < 4.78 is 5.42. The molecule has 92 valence electrons. The largest absolute Gasteiger partial charge is 0.496 e. The molecule has 0 bridgehead atoms. The first-order chi connectivity index (χ1) is 8.88. The van der Waals surface area contributed by atoms with Gasteiger partial charge in [0.05, 0.1) is 7.11 Å². The zero-order chi connectivity index (χ0) is 12.4. The van der Waals surface area contributed by atoms with Gasteiger partial charge < -0.3 is 10.1 Å². The van der Waals surface area contributed by atoms with Gasteiger partial charge in [-0.25, -0.2) is 0 Å². The summed E-state index contributed by atoms with van der Waals surface area (Å²) in [6, 6.07) is 17.3. The predicted octanol–water partition coefficient (Wildman–Crippen LogP) is 3.08. The summed E-state index contributed by atoms with van der Waals surface area (Å²) in [6.07, 6.45) is 0.973. The minimum absolute atomic E-state index is 0.400. The van der Waals surface area contributed by atoms with Gasteiger partial charge in [0.2, 0.25) is 0 Å². The molecule has 2 aromatic carbocycles. The Morgan fingerprint density at radius 3 is 2.78 bits per heavy atom. The van der Waals surface area contributed by atoms with Gasteiger partial charge in [0, 0.05) is 12.6 Å². The maximum atomic E-state index is 5.42. The summed E-state index contributed by atoms with van der Waals surface area (Å²) in [4.78, 5) is 0. The molecule has 1 unspecified atom stereocenters. The maximum absolute atomic E-state index is 5.42. The molecule has 1 aliphatic rings. The summed E-state index contributed by atoms with van der Waals surface area (Å²) in [6.45, 7) is 0.968. The number of rotatable bonds is 3. The molecule has 0 amide bonds. The van der Waals surface area contributed by atoms with E-state index in [4.69, 9.17) is 4.74 Å². The molecule has 2 aromatic rings. The maximum Gasteiger partial charge on any atom is 0.122 e. The predicted molar refractivity (Wildman–Crippen MR) is 72.7 cm³/mol. The lowest BCUT2D eigenvalue weighted by Gasteiger charge is -2.14. The van der Waals surface area contributed by atoms with Crippen molar-refractivity contribution in [2.75, 3.05) is 7.11 Å². The van der Waals surface area contributed by atoms with Crippen molar-refractivity contribution in [3.05, 3.63) is 65.2 Å². The lowest BCUT2D eigenvalue weighted by molar-refractivity contribution is 0.406. The summed E-state index contributed by atoms with van der Waals surface area (Å²) in [5.41, 5.74) is 4.09. The molecule has 1 atom stereocenters. The van der Waals surface area contributed by atoms with Crippen LogP contribution in [-0.2, 0) is 13.0 Å². The first kappa shape index (κ1) is 11.3. The second-order valence-electron chi connectivity index (χ2n) is 4.65. The van der Waals surface area contributed by atoms with E-state index in [1.54, 1.807) is 7.11 Å². The van der Waals surface area contributed by atoms with Gasteiger partial charge in [-0.2, -0.15) is 0 Å². The molecular formula is C16H17NO. The van der Waals surface area contributed by atoms with Crippen molar-refractivity contribution in [3.63, 3.8) is 0 Å². The Morgan fingerprint density at radius 2 is 1.89 bits per heavy atom. The van der Waals surface area contributed by atoms with Crippen LogP contribution in [0.2, 0.25) is 0 Å². The van der Waals surface area contributed by atoms with E-state index >= 15 is 0 Å². The average molecular weight is 239 g/mol. The molecule has 0 saturated heterocycles. The number of ether oxygens (including phenoxy) is 1. The zero-order valence-electron chi connectivity index (χ0n) is 10.5. The second kappa shape index (κ2) is 4.83. The Bertz CT molecular complexity index is 550. The number of methoxy groups -OCH3 is 1. The summed E-state index contributed by atoms with van der Waals surface area (Å²) in [5.74, 6) is 0.976. The van der Waals surface area contributed by atoms with E-state index in [1.807, 2.05) is 12.1 Å². The fraction of sp³-hybridized carbons (Fsp3) is 0.250. The molecule has 0 radical (unpaired) electrons. The van der Waals surface area contributed by atoms with Crippen LogP contribution in [0.25, 0.3) is 0 Å². The van der Waals surface area contributed by atoms with Gasteiger partial charge in [0.25, 0.3) is 0 Å². The van der Waals surface area contributed by atoms with Crippen molar-refractivity contribution in [2.24, 2.45) is 0 Å². The Kier molecular flexibility index (Phi) is 3.03. The minimum Gasteiger partial charge on any atom is -0.496 e. The molecule has 0 aromatic heterocycles. The normalized spacial score (nSPS) is 17.5. The van der Waals surface area contributed by atoms with Crippen LogP contribution >= 0.6 is 0 Å². The van der Waals surface area contributed by atoms with Gasteiger partial charge in [-0.05, 0) is 29.2 Å². The SMILES string of the molecule is COc1ccccc1CC1NCc2ccccc21. The number of hydrogen-bond donors (Lipinski definition) is 1. The van der Waals surface area contributed by atoms with Crippen molar-refractivity contribution >= 4 is 0 Å². The molecule has 0 spiro atoms. The molecule has 1 aliphatic heterocycles. The third-order valence-corrected chi connectivity index (χ3v) is 3.59. The number of para-hydroxylation sites is 1. The van der Waals surface area contributed by atoms with E-state index in [0.29, 0.717) is 6.04 Å². The number of benzene rings is 2. The molecule has 1 N–H and O–H groups in total. The van der Waals surface area contributed by atoms with Gasteiger partial charge in [0.1, 0.15) is 5.75 Å². The minimum atomic E-state index is 0.400. The molecular weight excluding hydrogens is 222 g/mol. The van der Waals surface area contributed by atoms with Crippen LogP contribution in [-0.4, -0.2) is 7.11 Å². The highest BCUT2D eigenvalue weighted by atomic mass is 16.5. The monoisotopic (exact) mass is 239 g/mol. The van der Waals surface area contributed by atoms with Gasteiger partial charge in [-0.3, -0.25) is 0 Å². The van der Waals surface area contributed by atoms with Crippen LogP contribution in [0.3, 0.4) is 0 Å². The fourth-order valence-corrected chi connectivity index (χ4v) is 2.65. The van der Waals surface area contributed by atoms with E-state index in [1.165, 1.54) is 16.7 Å². The molecule has 0 aliphatic carbocycles. The molecule has 2 heteroatoms. The second-order valence-corrected chi connectivity index (χ2v) is 4.65. The lowest BCUT2D eigenvalue weighted by atomic mass is 9.98. The van der Waals surface area contributed by atoms with Crippen molar-refractivity contribution < 1.29 is 4.74 Å². The molecule has 1 heterocycles. The van der Waals surface area contributed by atoms with Crippen molar-refractivity contribution in [1.82, 2.24) is 5.32 Å². The zero-order valence-corrected chi connectivity index (χ0v) is 10.5. The molecule has 0 saturated carbocycles. The Morgan fingerprint density at radius 1 is 1.11 bits per heavy atom. The van der Waals surface area contributed by atoms with E-state index in [0.717, 1.165) is 18.7 Å². The topological polar surface area (TPSA) is 21.3 Å². The third-order valence-electron chi connectivity index (χ3n) is 3.59. The molecule has 3 rings (SSSR count). The highest BCUT2D eigenvalue weighted by Crippen LogP contribution is 2.30. The summed E-state index contributed by atoms with van der Waals surface area (Å²) in [7, 11) is 1.73.